The van der Waals surface area contributed by atoms with Gasteiger partial charge in [-0.3, -0.25) is 9.78 Å². The van der Waals surface area contributed by atoms with Gasteiger partial charge in [-0.2, -0.15) is 0 Å². The Hall–Kier alpha value is -3.02. The van der Waals surface area contributed by atoms with Gasteiger partial charge in [0.2, 0.25) is 0 Å². The van der Waals surface area contributed by atoms with Crippen LogP contribution in [0.15, 0.2) is 42.5 Å². The highest BCUT2D eigenvalue weighted by molar-refractivity contribution is 5.99. The summed E-state index contributed by atoms with van der Waals surface area (Å²) in [6, 6.07) is 10.3. The molecule has 0 saturated carbocycles. The molecular formula is C20H18F2N2O2. The normalized spacial score (nSPS) is 12.0. The molecule has 26 heavy (non-hydrogen) atoms. The number of nitrogens with zero attached hydrogens (tertiary/aromatic N) is 1. The number of aromatic nitrogens is 1. The molecule has 0 aliphatic carbocycles. The molecule has 0 unspecified atom stereocenters. The SMILES string of the molecule is COc1ccc2cc(C(=O)N[C@@H](C)c3ccc(F)c(F)c3)c(C)nc2c1. The molecule has 0 radical (unpaired) electrons. The van der Waals surface area contributed by atoms with Crippen LogP contribution in [0.25, 0.3) is 10.9 Å². The number of aryl methyl sites for hydroxylation is 1. The summed E-state index contributed by atoms with van der Waals surface area (Å²) in [7, 11) is 1.58. The van der Waals surface area contributed by atoms with E-state index >= 15 is 0 Å². The van der Waals surface area contributed by atoms with Gasteiger partial charge in [-0.1, -0.05) is 6.07 Å². The second-order valence-corrected chi connectivity index (χ2v) is 6.05. The molecule has 4 nitrogen and oxygen atoms in total. The highest BCUT2D eigenvalue weighted by Crippen LogP contribution is 2.22. The molecule has 0 saturated heterocycles. The van der Waals surface area contributed by atoms with Crippen molar-refractivity contribution in [3.8, 4) is 5.75 Å². The minimum atomic E-state index is -0.943. The quantitative estimate of drug-likeness (QED) is 0.757. The number of rotatable bonds is 4. The van der Waals surface area contributed by atoms with E-state index in [1.54, 1.807) is 39.2 Å². The van der Waals surface area contributed by atoms with Gasteiger partial charge in [0.15, 0.2) is 11.6 Å². The topological polar surface area (TPSA) is 51.2 Å². The molecule has 0 bridgehead atoms. The van der Waals surface area contributed by atoms with Crippen molar-refractivity contribution in [1.82, 2.24) is 10.3 Å². The van der Waals surface area contributed by atoms with Crippen LogP contribution in [-0.2, 0) is 0 Å². The van der Waals surface area contributed by atoms with Crippen LogP contribution in [0.5, 0.6) is 5.75 Å². The second kappa shape index (κ2) is 7.07. The molecular weight excluding hydrogens is 338 g/mol. The number of fused-ring (bicyclic) bond motifs is 1. The third-order valence-electron chi connectivity index (χ3n) is 4.25. The van der Waals surface area contributed by atoms with Gasteiger partial charge in [-0.25, -0.2) is 8.78 Å². The lowest BCUT2D eigenvalue weighted by atomic mass is 10.1. The van der Waals surface area contributed by atoms with E-state index < -0.39 is 17.7 Å². The maximum absolute atomic E-state index is 13.4. The van der Waals surface area contributed by atoms with Crippen molar-refractivity contribution in [3.05, 3.63) is 70.9 Å². The summed E-state index contributed by atoms with van der Waals surface area (Å²) in [6.07, 6.45) is 0. The minimum absolute atomic E-state index is 0.329. The highest BCUT2D eigenvalue weighted by Gasteiger charge is 2.16. The lowest BCUT2D eigenvalue weighted by molar-refractivity contribution is 0.0939. The largest absolute Gasteiger partial charge is 0.497 e. The highest BCUT2D eigenvalue weighted by atomic mass is 19.2. The molecule has 1 N–H and O–H groups in total. The standard InChI is InChI=1S/C20H18F2N2O2/c1-11(13-5-7-17(21)18(22)9-13)24-20(25)16-8-14-4-6-15(26-3)10-19(14)23-12(16)2/h4-11H,1-3H3,(H,24,25)/t11-/m0/s1. The summed E-state index contributed by atoms with van der Waals surface area (Å²) in [6.45, 7) is 3.45. The van der Waals surface area contributed by atoms with Gasteiger partial charge in [0.1, 0.15) is 5.75 Å². The van der Waals surface area contributed by atoms with Crippen LogP contribution in [0.1, 0.15) is 34.6 Å². The van der Waals surface area contributed by atoms with E-state index in [2.05, 4.69) is 10.3 Å². The van der Waals surface area contributed by atoms with E-state index in [4.69, 9.17) is 4.74 Å². The number of ether oxygens (including phenoxy) is 1. The lowest BCUT2D eigenvalue weighted by Crippen LogP contribution is -2.27. The predicted octanol–water partition coefficient (Wildman–Crippen LogP) is 4.32. The van der Waals surface area contributed by atoms with Crippen molar-refractivity contribution >= 4 is 16.8 Å². The van der Waals surface area contributed by atoms with Crippen molar-refractivity contribution in [1.29, 1.82) is 0 Å². The van der Waals surface area contributed by atoms with E-state index in [1.165, 1.54) is 6.07 Å². The number of benzene rings is 2. The van der Waals surface area contributed by atoms with Gasteiger partial charge in [0.05, 0.1) is 29.9 Å². The first-order valence-electron chi connectivity index (χ1n) is 8.10. The van der Waals surface area contributed by atoms with E-state index in [-0.39, 0.29) is 5.91 Å². The number of nitrogens with one attached hydrogen (secondary N) is 1. The van der Waals surface area contributed by atoms with Crippen LogP contribution in [0.3, 0.4) is 0 Å². The zero-order valence-corrected chi connectivity index (χ0v) is 14.6. The Morgan fingerprint density at radius 2 is 1.88 bits per heavy atom. The average molecular weight is 356 g/mol. The zero-order chi connectivity index (χ0) is 18.8. The maximum Gasteiger partial charge on any atom is 0.253 e. The number of carbonyl (C=O) groups excluding carboxylic acids is 1. The van der Waals surface area contributed by atoms with Gasteiger partial charge < -0.3 is 10.1 Å². The first-order valence-corrected chi connectivity index (χ1v) is 8.10. The van der Waals surface area contributed by atoms with Crippen LogP contribution in [0.4, 0.5) is 8.78 Å². The zero-order valence-electron chi connectivity index (χ0n) is 14.6. The number of methoxy groups -OCH3 is 1. The predicted molar refractivity (Wildman–Crippen MR) is 95.3 cm³/mol. The fraction of sp³-hybridized carbons (Fsp3) is 0.200. The van der Waals surface area contributed by atoms with Crippen LogP contribution in [-0.4, -0.2) is 18.0 Å². The van der Waals surface area contributed by atoms with Gasteiger partial charge in [-0.05, 0) is 49.7 Å². The average Bonchev–Trinajstić information content (AvgIpc) is 2.62. The summed E-state index contributed by atoms with van der Waals surface area (Å²) in [5.41, 5.74) is 2.21. The molecule has 134 valence electrons. The lowest BCUT2D eigenvalue weighted by Gasteiger charge is -2.16. The molecule has 0 spiro atoms. The number of pyridine rings is 1. The monoisotopic (exact) mass is 356 g/mol. The van der Waals surface area contributed by atoms with E-state index in [9.17, 15) is 13.6 Å². The van der Waals surface area contributed by atoms with Crippen molar-refractivity contribution in [2.24, 2.45) is 0 Å². The molecule has 0 fully saturated rings. The number of carbonyl (C=O) groups is 1. The summed E-state index contributed by atoms with van der Waals surface area (Å²) in [5.74, 6) is -1.50. The Balaban J connectivity index is 1.86. The van der Waals surface area contributed by atoms with Crippen molar-refractivity contribution in [2.75, 3.05) is 7.11 Å². The first-order chi connectivity index (χ1) is 12.4. The third-order valence-corrected chi connectivity index (χ3v) is 4.25. The fourth-order valence-electron chi connectivity index (χ4n) is 2.74. The van der Waals surface area contributed by atoms with Crippen LogP contribution >= 0.6 is 0 Å². The molecule has 2 aromatic carbocycles. The van der Waals surface area contributed by atoms with Crippen molar-refractivity contribution < 1.29 is 18.3 Å². The molecule has 3 rings (SSSR count). The molecule has 0 aliphatic heterocycles. The van der Waals surface area contributed by atoms with E-state index in [0.29, 0.717) is 22.6 Å². The van der Waals surface area contributed by atoms with Crippen LogP contribution in [0.2, 0.25) is 0 Å². The number of amides is 1. The molecule has 1 heterocycles. The summed E-state index contributed by atoms with van der Waals surface area (Å²) in [4.78, 5) is 17.1. The van der Waals surface area contributed by atoms with Gasteiger partial charge >= 0.3 is 0 Å². The summed E-state index contributed by atoms with van der Waals surface area (Å²) >= 11 is 0. The third kappa shape index (κ3) is 3.49. The van der Waals surface area contributed by atoms with Gasteiger partial charge in [0.25, 0.3) is 5.91 Å². The summed E-state index contributed by atoms with van der Waals surface area (Å²) < 4.78 is 31.6. The molecule has 0 aliphatic rings. The Kier molecular flexibility index (Phi) is 4.84. The van der Waals surface area contributed by atoms with E-state index in [0.717, 1.165) is 23.0 Å². The Bertz CT molecular complexity index is 989. The van der Waals surface area contributed by atoms with E-state index in [1.807, 2.05) is 6.07 Å². The Morgan fingerprint density at radius 1 is 1.12 bits per heavy atom. The Labute approximate surface area is 149 Å². The molecule has 6 heteroatoms. The van der Waals surface area contributed by atoms with Crippen molar-refractivity contribution in [3.63, 3.8) is 0 Å². The number of hydrogen-bond donors (Lipinski definition) is 1. The minimum Gasteiger partial charge on any atom is -0.497 e. The maximum atomic E-state index is 13.4. The van der Waals surface area contributed by atoms with Gasteiger partial charge in [0, 0.05) is 11.5 Å². The first kappa shape index (κ1) is 17.8. The molecule has 3 aromatic rings. The number of halogens is 2. The van der Waals surface area contributed by atoms with Gasteiger partial charge in [-0.15, -0.1) is 0 Å². The molecule has 1 aromatic heterocycles. The molecule has 1 amide bonds. The fourth-order valence-corrected chi connectivity index (χ4v) is 2.74. The van der Waals surface area contributed by atoms with Crippen LogP contribution in [0, 0.1) is 18.6 Å². The van der Waals surface area contributed by atoms with Crippen LogP contribution < -0.4 is 10.1 Å². The Morgan fingerprint density at radius 3 is 2.58 bits per heavy atom. The van der Waals surface area contributed by atoms with Crippen molar-refractivity contribution in [2.45, 2.75) is 19.9 Å². The number of hydrogen-bond acceptors (Lipinski definition) is 3. The smallest absolute Gasteiger partial charge is 0.253 e. The molecule has 1 atom stereocenters. The summed E-state index contributed by atoms with van der Waals surface area (Å²) in [5, 5.41) is 3.60. The second-order valence-electron chi connectivity index (χ2n) is 6.05.